The van der Waals surface area contributed by atoms with Crippen LogP contribution in [0.25, 0.3) is 0 Å². The molecule has 27 heavy (non-hydrogen) atoms. The van der Waals surface area contributed by atoms with E-state index in [1.165, 1.54) is 0 Å². The first-order chi connectivity index (χ1) is 13.2. The van der Waals surface area contributed by atoms with Gasteiger partial charge in [0, 0.05) is 31.2 Å². The van der Waals surface area contributed by atoms with Gasteiger partial charge in [-0.2, -0.15) is 0 Å². The highest BCUT2D eigenvalue weighted by Crippen LogP contribution is 2.26. The summed E-state index contributed by atoms with van der Waals surface area (Å²) in [6.07, 6.45) is 7.96. The van der Waals surface area contributed by atoms with Crippen molar-refractivity contribution in [1.82, 2.24) is 24.6 Å². The van der Waals surface area contributed by atoms with E-state index >= 15 is 0 Å². The number of amides is 2. The average Bonchev–Trinajstić information content (AvgIpc) is 3.28. The minimum absolute atomic E-state index is 0.0342. The monoisotopic (exact) mass is 367 g/mol. The van der Waals surface area contributed by atoms with Crippen molar-refractivity contribution in [3.8, 4) is 0 Å². The molecule has 1 aromatic heterocycles. The highest BCUT2D eigenvalue weighted by atomic mass is 16.2. The van der Waals surface area contributed by atoms with Crippen LogP contribution in [0.5, 0.6) is 0 Å². The van der Waals surface area contributed by atoms with Crippen molar-refractivity contribution < 1.29 is 9.59 Å². The molecule has 1 atom stereocenters. The number of piperidine rings is 2. The van der Waals surface area contributed by atoms with Crippen LogP contribution in [0.15, 0.2) is 43.0 Å². The third-order valence-corrected chi connectivity index (χ3v) is 5.70. The number of hydrogen-bond acceptors (Lipinski definition) is 4. The summed E-state index contributed by atoms with van der Waals surface area (Å²) in [7, 11) is 0. The molecule has 0 bridgehead atoms. The van der Waals surface area contributed by atoms with Gasteiger partial charge in [0.2, 0.25) is 5.91 Å². The molecule has 2 aliphatic rings. The van der Waals surface area contributed by atoms with Crippen LogP contribution in [-0.2, 0) is 4.79 Å². The number of hydrogen-bond donors (Lipinski definition) is 0. The van der Waals surface area contributed by atoms with E-state index in [1.807, 2.05) is 39.8 Å². The summed E-state index contributed by atoms with van der Waals surface area (Å²) in [5, 5.41) is 7.74. The first-order valence-corrected chi connectivity index (χ1v) is 9.73. The van der Waals surface area contributed by atoms with E-state index < -0.39 is 0 Å². The fourth-order valence-electron chi connectivity index (χ4n) is 4.17. The maximum atomic E-state index is 13.2. The van der Waals surface area contributed by atoms with Gasteiger partial charge >= 0.3 is 0 Å². The van der Waals surface area contributed by atoms with E-state index in [2.05, 4.69) is 10.2 Å². The standard InChI is InChI=1S/C20H25N5O2/c26-19(16-6-2-1-3-7-16)25-11-5-4-8-18(25)20(27)23-12-9-17(10-13-23)24-14-21-22-15-24/h1-3,6-7,14-15,17-18H,4-5,8-13H2/t18-/m1/s1. The Kier molecular flexibility index (Phi) is 5.18. The fraction of sp³-hybridized carbons (Fsp3) is 0.500. The second-order valence-corrected chi connectivity index (χ2v) is 7.34. The van der Waals surface area contributed by atoms with Crippen molar-refractivity contribution in [2.45, 2.75) is 44.2 Å². The molecule has 0 spiro atoms. The van der Waals surface area contributed by atoms with Crippen LogP contribution in [0.2, 0.25) is 0 Å². The third-order valence-electron chi connectivity index (χ3n) is 5.70. The lowest BCUT2D eigenvalue weighted by Gasteiger charge is -2.40. The summed E-state index contributed by atoms with van der Waals surface area (Å²) in [5.41, 5.74) is 0.656. The summed E-state index contributed by atoms with van der Waals surface area (Å²) in [6, 6.07) is 9.28. The van der Waals surface area contributed by atoms with E-state index in [9.17, 15) is 9.59 Å². The van der Waals surface area contributed by atoms with Crippen LogP contribution in [0.1, 0.15) is 48.5 Å². The first kappa shape index (κ1) is 17.7. The van der Waals surface area contributed by atoms with Crippen molar-refractivity contribution >= 4 is 11.8 Å². The molecule has 0 aliphatic carbocycles. The molecule has 2 aromatic rings. The largest absolute Gasteiger partial charge is 0.341 e. The van der Waals surface area contributed by atoms with Crippen molar-refractivity contribution in [1.29, 1.82) is 0 Å². The van der Waals surface area contributed by atoms with Gasteiger partial charge < -0.3 is 14.4 Å². The fourth-order valence-corrected chi connectivity index (χ4v) is 4.17. The number of rotatable bonds is 3. The first-order valence-electron chi connectivity index (χ1n) is 9.73. The Morgan fingerprint density at radius 3 is 2.30 bits per heavy atom. The zero-order valence-corrected chi connectivity index (χ0v) is 15.4. The number of aromatic nitrogens is 3. The number of nitrogens with zero attached hydrogens (tertiary/aromatic N) is 5. The number of benzene rings is 1. The second kappa shape index (κ2) is 7.90. The molecule has 0 saturated carbocycles. The maximum Gasteiger partial charge on any atom is 0.254 e. The van der Waals surface area contributed by atoms with Gasteiger partial charge in [-0.05, 0) is 44.2 Å². The quantitative estimate of drug-likeness (QED) is 0.833. The molecule has 2 amide bonds. The molecule has 7 heteroatoms. The number of carbonyl (C=O) groups excluding carboxylic acids is 2. The van der Waals surface area contributed by atoms with Gasteiger partial charge in [0.05, 0.1) is 0 Å². The van der Waals surface area contributed by atoms with Gasteiger partial charge in [0.15, 0.2) is 0 Å². The molecule has 1 aromatic carbocycles. The molecule has 0 unspecified atom stereocenters. The van der Waals surface area contributed by atoms with Gasteiger partial charge in [-0.1, -0.05) is 18.2 Å². The highest BCUT2D eigenvalue weighted by Gasteiger charge is 2.36. The topological polar surface area (TPSA) is 71.3 Å². The van der Waals surface area contributed by atoms with Crippen molar-refractivity contribution in [2.24, 2.45) is 0 Å². The van der Waals surface area contributed by atoms with Crippen molar-refractivity contribution in [3.63, 3.8) is 0 Å². The van der Waals surface area contributed by atoms with Crippen molar-refractivity contribution in [3.05, 3.63) is 48.5 Å². The molecule has 2 fully saturated rings. The highest BCUT2D eigenvalue weighted by molar-refractivity contribution is 5.97. The van der Waals surface area contributed by atoms with Crippen LogP contribution < -0.4 is 0 Å². The van der Waals surface area contributed by atoms with E-state index in [0.29, 0.717) is 31.2 Å². The molecule has 2 saturated heterocycles. The van der Waals surface area contributed by atoms with Gasteiger partial charge in [-0.15, -0.1) is 10.2 Å². The van der Waals surface area contributed by atoms with Gasteiger partial charge in [-0.3, -0.25) is 9.59 Å². The van der Waals surface area contributed by atoms with Crippen LogP contribution in [0, 0.1) is 0 Å². The Morgan fingerprint density at radius 2 is 1.59 bits per heavy atom. The predicted octanol–water partition coefficient (Wildman–Crippen LogP) is 2.14. The lowest BCUT2D eigenvalue weighted by atomic mass is 9.97. The Bertz CT molecular complexity index is 769. The smallest absolute Gasteiger partial charge is 0.254 e. The Hall–Kier alpha value is -2.70. The van der Waals surface area contributed by atoms with Crippen LogP contribution >= 0.6 is 0 Å². The van der Waals surface area contributed by atoms with Crippen LogP contribution in [-0.4, -0.2) is 62.1 Å². The van der Waals surface area contributed by atoms with Gasteiger partial charge in [0.25, 0.3) is 5.91 Å². The van der Waals surface area contributed by atoms with Gasteiger partial charge in [-0.25, -0.2) is 0 Å². The Morgan fingerprint density at radius 1 is 0.889 bits per heavy atom. The zero-order chi connectivity index (χ0) is 18.6. The lowest BCUT2D eigenvalue weighted by molar-refractivity contribution is -0.138. The summed E-state index contributed by atoms with van der Waals surface area (Å²) in [4.78, 5) is 29.9. The zero-order valence-electron chi connectivity index (χ0n) is 15.4. The molecular formula is C20H25N5O2. The average molecular weight is 367 g/mol. The normalized spacial score (nSPS) is 21.3. The molecule has 0 N–H and O–H groups in total. The van der Waals surface area contributed by atoms with E-state index in [-0.39, 0.29) is 17.9 Å². The lowest BCUT2D eigenvalue weighted by Crippen LogP contribution is -2.54. The molecule has 3 heterocycles. The van der Waals surface area contributed by atoms with Crippen LogP contribution in [0.4, 0.5) is 0 Å². The van der Waals surface area contributed by atoms with Crippen LogP contribution in [0.3, 0.4) is 0 Å². The molecule has 2 aliphatic heterocycles. The molecule has 142 valence electrons. The Balaban J connectivity index is 1.43. The van der Waals surface area contributed by atoms with E-state index in [4.69, 9.17) is 0 Å². The SMILES string of the molecule is O=C([C@H]1CCCCN1C(=O)c1ccccc1)N1CCC(n2cnnc2)CC1. The summed E-state index contributed by atoms with van der Waals surface area (Å²) < 4.78 is 2.02. The number of carbonyl (C=O) groups is 2. The van der Waals surface area contributed by atoms with Gasteiger partial charge in [0.1, 0.15) is 18.7 Å². The maximum absolute atomic E-state index is 13.2. The van der Waals surface area contributed by atoms with Crippen molar-refractivity contribution in [2.75, 3.05) is 19.6 Å². The molecule has 7 nitrogen and oxygen atoms in total. The Labute approximate surface area is 159 Å². The minimum Gasteiger partial charge on any atom is -0.341 e. The van der Waals surface area contributed by atoms with E-state index in [0.717, 1.165) is 32.1 Å². The summed E-state index contributed by atoms with van der Waals surface area (Å²) >= 11 is 0. The summed E-state index contributed by atoms with van der Waals surface area (Å²) in [6.45, 7) is 2.08. The second-order valence-electron chi connectivity index (χ2n) is 7.34. The number of likely N-dealkylation sites (tertiary alicyclic amines) is 2. The molecular weight excluding hydrogens is 342 g/mol. The molecule has 4 rings (SSSR count). The third kappa shape index (κ3) is 3.72. The predicted molar refractivity (Wildman–Crippen MR) is 100.0 cm³/mol. The summed E-state index contributed by atoms with van der Waals surface area (Å²) in [5.74, 6) is 0.0641. The molecule has 0 radical (unpaired) electrons. The van der Waals surface area contributed by atoms with E-state index in [1.54, 1.807) is 17.6 Å². The minimum atomic E-state index is -0.335.